The van der Waals surface area contributed by atoms with Gasteiger partial charge in [-0.1, -0.05) is 6.07 Å². The molecule has 0 bridgehead atoms. The highest BCUT2D eigenvalue weighted by molar-refractivity contribution is 7.85. The fourth-order valence-electron chi connectivity index (χ4n) is 2.17. The van der Waals surface area contributed by atoms with Gasteiger partial charge in [0.05, 0.1) is 20.0 Å². The van der Waals surface area contributed by atoms with Gasteiger partial charge in [0.2, 0.25) is 0 Å². The van der Waals surface area contributed by atoms with E-state index in [1.165, 1.54) is 5.56 Å². The Morgan fingerprint density at radius 2 is 2.18 bits per heavy atom. The van der Waals surface area contributed by atoms with Gasteiger partial charge in [-0.3, -0.25) is 4.18 Å². The van der Waals surface area contributed by atoms with E-state index < -0.39 is 10.1 Å². The van der Waals surface area contributed by atoms with E-state index in [-0.39, 0.29) is 12.5 Å². The summed E-state index contributed by atoms with van der Waals surface area (Å²) in [6.45, 7) is 0.221. The third-order valence-electron chi connectivity index (χ3n) is 3.04. The predicted octanol–water partition coefficient (Wildman–Crippen LogP) is 1.70. The zero-order valence-electron chi connectivity index (χ0n) is 9.97. The number of rotatable bonds is 4. The molecule has 0 fully saturated rings. The van der Waals surface area contributed by atoms with Gasteiger partial charge in [0.25, 0.3) is 10.1 Å². The molecule has 0 saturated carbocycles. The van der Waals surface area contributed by atoms with Gasteiger partial charge in [-0.15, -0.1) is 0 Å². The van der Waals surface area contributed by atoms with Gasteiger partial charge in [-0.2, -0.15) is 8.42 Å². The SMILES string of the molecule is COc1ccc2c(c1)C(COS(C)(=O)=O)CC2. The molecule has 5 heteroatoms. The number of hydrogen-bond acceptors (Lipinski definition) is 4. The Morgan fingerprint density at radius 3 is 2.82 bits per heavy atom. The predicted molar refractivity (Wildman–Crippen MR) is 64.9 cm³/mol. The number of benzene rings is 1. The maximum Gasteiger partial charge on any atom is 0.264 e. The van der Waals surface area contributed by atoms with Crippen LogP contribution in [0.1, 0.15) is 23.5 Å². The van der Waals surface area contributed by atoms with Gasteiger partial charge in [0.1, 0.15) is 5.75 Å². The molecule has 1 aliphatic carbocycles. The Labute approximate surface area is 102 Å². The number of aryl methyl sites for hydroxylation is 1. The number of fused-ring (bicyclic) bond motifs is 1. The fourth-order valence-corrected chi connectivity index (χ4v) is 2.58. The van der Waals surface area contributed by atoms with E-state index in [1.54, 1.807) is 7.11 Å². The van der Waals surface area contributed by atoms with Crippen LogP contribution in [0.2, 0.25) is 0 Å². The van der Waals surface area contributed by atoms with Crippen LogP contribution in [-0.4, -0.2) is 28.4 Å². The summed E-state index contributed by atoms with van der Waals surface area (Å²) >= 11 is 0. The maximum atomic E-state index is 11.0. The van der Waals surface area contributed by atoms with Crippen LogP contribution in [0.15, 0.2) is 18.2 Å². The molecule has 94 valence electrons. The second-order valence-electron chi connectivity index (χ2n) is 4.29. The minimum atomic E-state index is -3.36. The van der Waals surface area contributed by atoms with Crippen molar-refractivity contribution in [3.8, 4) is 5.75 Å². The van der Waals surface area contributed by atoms with Crippen LogP contribution in [0, 0.1) is 0 Å². The highest BCUT2D eigenvalue weighted by Gasteiger charge is 2.24. The lowest BCUT2D eigenvalue weighted by atomic mass is 10.0. The standard InChI is InChI=1S/C12H16O4S/c1-15-11-6-5-9-3-4-10(12(9)7-11)8-16-17(2,13)14/h5-7,10H,3-4,8H2,1-2H3. The quantitative estimate of drug-likeness (QED) is 0.769. The van der Waals surface area contributed by atoms with E-state index in [0.29, 0.717) is 0 Å². The topological polar surface area (TPSA) is 52.6 Å². The molecule has 17 heavy (non-hydrogen) atoms. The first-order chi connectivity index (χ1) is 7.99. The smallest absolute Gasteiger partial charge is 0.264 e. The molecule has 0 aliphatic heterocycles. The Kier molecular flexibility index (Phi) is 3.40. The summed E-state index contributed by atoms with van der Waals surface area (Å²) in [7, 11) is -1.74. The van der Waals surface area contributed by atoms with Crippen molar-refractivity contribution in [2.75, 3.05) is 20.0 Å². The summed E-state index contributed by atoms with van der Waals surface area (Å²) in [6, 6.07) is 5.94. The molecule has 0 radical (unpaired) electrons. The second kappa shape index (κ2) is 4.66. The summed E-state index contributed by atoms with van der Waals surface area (Å²) in [5.41, 5.74) is 2.40. The van der Waals surface area contributed by atoms with Crippen molar-refractivity contribution >= 4 is 10.1 Å². The van der Waals surface area contributed by atoms with Crippen molar-refractivity contribution in [1.29, 1.82) is 0 Å². The van der Waals surface area contributed by atoms with Crippen molar-refractivity contribution in [1.82, 2.24) is 0 Å². The van der Waals surface area contributed by atoms with Crippen LogP contribution in [0.25, 0.3) is 0 Å². The third-order valence-corrected chi connectivity index (χ3v) is 3.60. The third kappa shape index (κ3) is 2.98. The van der Waals surface area contributed by atoms with Crippen LogP contribution < -0.4 is 4.74 Å². The average molecular weight is 256 g/mol. The number of ether oxygens (including phenoxy) is 1. The Bertz CT molecular complexity index is 507. The summed E-state index contributed by atoms with van der Waals surface area (Å²) in [5, 5.41) is 0. The molecule has 0 saturated heterocycles. The van der Waals surface area contributed by atoms with Crippen molar-refractivity contribution in [3.63, 3.8) is 0 Å². The monoisotopic (exact) mass is 256 g/mol. The molecule has 1 aromatic carbocycles. The molecule has 0 N–H and O–H groups in total. The number of hydrogen-bond donors (Lipinski definition) is 0. The van der Waals surface area contributed by atoms with Gasteiger partial charge in [-0.25, -0.2) is 0 Å². The van der Waals surface area contributed by atoms with Gasteiger partial charge in [0, 0.05) is 5.92 Å². The van der Waals surface area contributed by atoms with E-state index in [4.69, 9.17) is 8.92 Å². The summed E-state index contributed by atoms with van der Waals surface area (Å²) in [5.74, 6) is 0.949. The molecule has 1 unspecified atom stereocenters. The molecule has 4 nitrogen and oxygen atoms in total. The normalized spacial score (nSPS) is 19.1. The lowest BCUT2D eigenvalue weighted by Gasteiger charge is -2.11. The van der Waals surface area contributed by atoms with Crippen molar-refractivity contribution < 1.29 is 17.3 Å². The van der Waals surface area contributed by atoms with E-state index in [0.717, 1.165) is 30.4 Å². The van der Waals surface area contributed by atoms with Crippen LogP contribution in [-0.2, 0) is 20.7 Å². The van der Waals surface area contributed by atoms with Gasteiger partial charge < -0.3 is 4.74 Å². The van der Waals surface area contributed by atoms with Crippen LogP contribution >= 0.6 is 0 Å². The highest BCUT2D eigenvalue weighted by atomic mass is 32.2. The molecule has 0 heterocycles. The molecule has 2 rings (SSSR count). The van der Waals surface area contributed by atoms with Gasteiger partial charge in [0.15, 0.2) is 0 Å². The van der Waals surface area contributed by atoms with E-state index in [2.05, 4.69) is 0 Å². The molecule has 0 spiro atoms. The average Bonchev–Trinajstić information content (AvgIpc) is 2.67. The molecule has 1 aliphatic rings. The molecule has 1 atom stereocenters. The molecular weight excluding hydrogens is 240 g/mol. The summed E-state index contributed by atoms with van der Waals surface area (Å²) < 4.78 is 32.0. The first kappa shape index (κ1) is 12.4. The van der Waals surface area contributed by atoms with Crippen LogP contribution in [0.3, 0.4) is 0 Å². The molecule has 1 aromatic rings. The molecule has 0 amide bonds. The summed E-state index contributed by atoms with van der Waals surface area (Å²) in [6.07, 6.45) is 2.98. The Morgan fingerprint density at radius 1 is 1.41 bits per heavy atom. The van der Waals surface area contributed by atoms with E-state index >= 15 is 0 Å². The van der Waals surface area contributed by atoms with Crippen LogP contribution in [0.5, 0.6) is 5.75 Å². The zero-order chi connectivity index (χ0) is 12.5. The molecular formula is C12H16O4S. The van der Waals surface area contributed by atoms with Crippen molar-refractivity contribution in [3.05, 3.63) is 29.3 Å². The lowest BCUT2D eigenvalue weighted by Crippen LogP contribution is -2.10. The Hall–Kier alpha value is -1.07. The minimum Gasteiger partial charge on any atom is -0.497 e. The lowest BCUT2D eigenvalue weighted by molar-refractivity contribution is 0.293. The maximum absolute atomic E-state index is 11.0. The van der Waals surface area contributed by atoms with E-state index in [1.807, 2.05) is 18.2 Å². The second-order valence-corrected chi connectivity index (χ2v) is 5.93. The van der Waals surface area contributed by atoms with Gasteiger partial charge >= 0.3 is 0 Å². The molecule has 0 aromatic heterocycles. The Balaban J connectivity index is 2.15. The first-order valence-corrected chi connectivity index (χ1v) is 7.32. The van der Waals surface area contributed by atoms with E-state index in [9.17, 15) is 8.42 Å². The van der Waals surface area contributed by atoms with Crippen molar-refractivity contribution in [2.45, 2.75) is 18.8 Å². The zero-order valence-corrected chi connectivity index (χ0v) is 10.8. The minimum absolute atomic E-state index is 0.148. The number of methoxy groups -OCH3 is 1. The van der Waals surface area contributed by atoms with Crippen molar-refractivity contribution in [2.24, 2.45) is 0 Å². The van der Waals surface area contributed by atoms with Gasteiger partial charge in [-0.05, 0) is 36.1 Å². The largest absolute Gasteiger partial charge is 0.497 e. The fraction of sp³-hybridized carbons (Fsp3) is 0.500. The van der Waals surface area contributed by atoms with Crippen LogP contribution in [0.4, 0.5) is 0 Å². The summed E-state index contributed by atoms with van der Waals surface area (Å²) in [4.78, 5) is 0. The first-order valence-electron chi connectivity index (χ1n) is 5.51. The highest BCUT2D eigenvalue weighted by Crippen LogP contribution is 2.35.